The van der Waals surface area contributed by atoms with E-state index in [-0.39, 0.29) is 11.3 Å². The minimum atomic E-state index is -1.27. The van der Waals surface area contributed by atoms with Gasteiger partial charge in [0.25, 0.3) is 11.5 Å². The van der Waals surface area contributed by atoms with Gasteiger partial charge in [-0.3, -0.25) is 14.2 Å². The van der Waals surface area contributed by atoms with Crippen LogP contribution in [0.15, 0.2) is 102 Å². The fourth-order valence-corrected chi connectivity index (χ4v) is 4.49. The van der Waals surface area contributed by atoms with Gasteiger partial charge in [0, 0.05) is 16.8 Å². The summed E-state index contributed by atoms with van der Waals surface area (Å²) in [5, 5.41) is 2.97. The molecule has 5 nitrogen and oxygen atoms in total. The molecule has 178 valence electrons. The van der Waals surface area contributed by atoms with Crippen molar-refractivity contribution in [2.24, 2.45) is 0 Å². The Balaban J connectivity index is 1.79. The maximum atomic E-state index is 15.2. The Morgan fingerprint density at radius 1 is 0.833 bits per heavy atom. The van der Waals surface area contributed by atoms with Crippen LogP contribution in [0.25, 0.3) is 22.3 Å². The summed E-state index contributed by atoms with van der Waals surface area (Å²) in [4.78, 5) is 32.6. The largest absolute Gasteiger partial charge is 0.323 e. The van der Waals surface area contributed by atoms with Crippen LogP contribution in [0, 0.1) is 19.7 Å². The van der Waals surface area contributed by atoms with Crippen molar-refractivity contribution < 1.29 is 9.18 Å². The van der Waals surface area contributed by atoms with Crippen molar-refractivity contribution in [1.29, 1.82) is 0 Å². The molecular weight excluding hydrogens is 453 g/mol. The lowest BCUT2D eigenvalue weighted by molar-refractivity contribution is -0.118. The fraction of sp³-hybridized carbons (Fsp3) is 0.100. The van der Waals surface area contributed by atoms with Crippen LogP contribution in [0.5, 0.6) is 0 Å². The van der Waals surface area contributed by atoms with Gasteiger partial charge in [-0.05, 0) is 43.2 Å². The zero-order chi connectivity index (χ0) is 25.2. The first-order valence-corrected chi connectivity index (χ1v) is 11.6. The summed E-state index contributed by atoms with van der Waals surface area (Å²) >= 11 is 0. The van der Waals surface area contributed by atoms with Gasteiger partial charge in [-0.2, -0.15) is 0 Å². The molecule has 1 unspecified atom stereocenters. The van der Waals surface area contributed by atoms with Gasteiger partial charge in [-0.15, -0.1) is 0 Å². The van der Waals surface area contributed by atoms with Crippen LogP contribution in [-0.2, 0) is 4.79 Å². The molecule has 0 saturated heterocycles. The van der Waals surface area contributed by atoms with Gasteiger partial charge in [-0.25, -0.2) is 9.37 Å². The number of anilines is 1. The Kier molecular flexibility index (Phi) is 6.17. The summed E-state index contributed by atoms with van der Waals surface area (Å²) in [7, 11) is 0. The highest BCUT2D eigenvalue weighted by Gasteiger charge is 2.30. The van der Waals surface area contributed by atoms with Gasteiger partial charge in [-0.1, -0.05) is 78.9 Å². The number of benzene rings is 4. The summed E-state index contributed by atoms with van der Waals surface area (Å²) < 4.78 is 16.6. The van der Waals surface area contributed by atoms with Gasteiger partial charge in [0.15, 0.2) is 0 Å². The first kappa shape index (κ1) is 23.2. The highest BCUT2D eigenvalue weighted by atomic mass is 19.1. The third-order valence-electron chi connectivity index (χ3n) is 6.28. The molecule has 0 spiro atoms. The number of nitrogens with zero attached hydrogens (tertiary/aromatic N) is 2. The van der Waals surface area contributed by atoms with E-state index in [1.165, 1.54) is 16.7 Å². The monoisotopic (exact) mass is 477 g/mol. The summed E-state index contributed by atoms with van der Waals surface area (Å²) in [5.74, 6) is -1.09. The molecule has 6 heteroatoms. The number of carbonyl (C=O) groups excluding carboxylic acids is 1. The molecule has 1 amide bonds. The number of fused-ring (bicyclic) bond motifs is 1. The summed E-state index contributed by atoms with van der Waals surface area (Å²) in [6, 6.07) is 26.6. The summed E-state index contributed by atoms with van der Waals surface area (Å²) in [6.45, 7) is 3.78. The molecule has 1 heterocycles. The van der Waals surface area contributed by atoms with Crippen LogP contribution < -0.4 is 10.9 Å². The Hall–Kier alpha value is -4.58. The summed E-state index contributed by atoms with van der Waals surface area (Å²) in [5.41, 5.74) is 3.76. The lowest BCUT2D eigenvalue weighted by Gasteiger charge is -2.24. The topological polar surface area (TPSA) is 64.0 Å². The second-order valence-corrected chi connectivity index (χ2v) is 8.67. The number of halogens is 1. The second-order valence-electron chi connectivity index (χ2n) is 8.67. The molecule has 0 aliphatic carbocycles. The van der Waals surface area contributed by atoms with E-state index < -0.39 is 23.3 Å². The van der Waals surface area contributed by atoms with E-state index in [1.54, 1.807) is 42.5 Å². The van der Waals surface area contributed by atoms with Crippen LogP contribution in [-0.4, -0.2) is 15.5 Å². The number of nitrogens with one attached hydrogen (secondary N) is 1. The first-order chi connectivity index (χ1) is 17.5. The Bertz CT molecular complexity index is 1620. The number of hydrogen-bond donors (Lipinski definition) is 1. The van der Waals surface area contributed by atoms with Gasteiger partial charge >= 0.3 is 0 Å². The SMILES string of the molecule is Cc1cccc(C)c1NC(=O)C(c1ccccc1F)n1c(=O)c(-c2ccccc2)nc2ccccc21. The van der Waals surface area contributed by atoms with Crippen LogP contribution in [0.4, 0.5) is 10.1 Å². The smallest absolute Gasteiger partial charge is 0.278 e. The van der Waals surface area contributed by atoms with Crippen LogP contribution in [0.3, 0.4) is 0 Å². The number of carbonyl (C=O) groups is 1. The molecule has 4 aromatic carbocycles. The molecule has 0 bridgehead atoms. The highest BCUT2D eigenvalue weighted by Crippen LogP contribution is 2.28. The Labute approximate surface area is 207 Å². The predicted octanol–water partition coefficient (Wildman–Crippen LogP) is 6.05. The van der Waals surface area contributed by atoms with Crippen molar-refractivity contribution in [3.63, 3.8) is 0 Å². The molecule has 0 aliphatic heterocycles. The number of aryl methyl sites for hydroxylation is 2. The van der Waals surface area contributed by atoms with Gasteiger partial charge in [0.05, 0.1) is 11.0 Å². The second kappa shape index (κ2) is 9.58. The van der Waals surface area contributed by atoms with E-state index in [9.17, 15) is 9.59 Å². The number of hydrogen-bond acceptors (Lipinski definition) is 3. The summed E-state index contributed by atoms with van der Waals surface area (Å²) in [6.07, 6.45) is 0. The molecule has 0 radical (unpaired) electrons. The van der Waals surface area contributed by atoms with Crippen LogP contribution in [0.2, 0.25) is 0 Å². The van der Waals surface area contributed by atoms with E-state index in [4.69, 9.17) is 0 Å². The zero-order valence-electron chi connectivity index (χ0n) is 19.9. The Morgan fingerprint density at radius 3 is 2.19 bits per heavy atom. The minimum absolute atomic E-state index is 0.0960. The van der Waals surface area contributed by atoms with Crippen LogP contribution in [0.1, 0.15) is 22.7 Å². The normalized spacial score (nSPS) is 11.9. The quantitative estimate of drug-likeness (QED) is 0.335. The fourth-order valence-electron chi connectivity index (χ4n) is 4.49. The lowest BCUT2D eigenvalue weighted by atomic mass is 10.0. The molecule has 0 aliphatic rings. The Morgan fingerprint density at radius 2 is 1.47 bits per heavy atom. The maximum Gasteiger partial charge on any atom is 0.278 e. The number of para-hydroxylation sites is 3. The molecule has 1 aromatic heterocycles. The molecule has 0 fully saturated rings. The van der Waals surface area contributed by atoms with Crippen molar-refractivity contribution in [2.75, 3.05) is 5.32 Å². The molecule has 1 atom stereocenters. The minimum Gasteiger partial charge on any atom is -0.323 e. The lowest BCUT2D eigenvalue weighted by Crippen LogP contribution is -2.36. The van der Waals surface area contributed by atoms with Gasteiger partial charge < -0.3 is 5.32 Å². The van der Waals surface area contributed by atoms with Gasteiger partial charge in [0.1, 0.15) is 17.6 Å². The van der Waals surface area contributed by atoms with E-state index >= 15 is 4.39 Å². The van der Waals surface area contributed by atoms with Crippen molar-refractivity contribution in [1.82, 2.24) is 9.55 Å². The first-order valence-electron chi connectivity index (χ1n) is 11.6. The molecule has 0 saturated carbocycles. The molecular formula is C30H24FN3O2. The van der Waals surface area contributed by atoms with E-state index in [1.807, 2.05) is 56.3 Å². The maximum absolute atomic E-state index is 15.2. The van der Waals surface area contributed by atoms with E-state index in [0.717, 1.165) is 11.1 Å². The van der Waals surface area contributed by atoms with Gasteiger partial charge in [0.2, 0.25) is 0 Å². The average Bonchev–Trinajstić information content (AvgIpc) is 2.89. The molecule has 36 heavy (non-hydrogen) atoms. The molecule has 1 N–H and O–H groups in total. The van der Waals surface area contributed by atoms with Crippen molar-refractivity contribution >= 4 is 22.6 Å². The van der Waals surface area contributed by atoms with Crippen molar-refractivity contribution in [3.8, 4) is 11.3 Å². The van der Waals surface area contributed by atoms with E-state index in [2.05, 4.69) is 10.3 Å². The third kappa shape index (κ3) is 4.18. The predicted molar refractivity (Wildman–Crippen MR) is 141 cm³/mol. The number of rotatable bonds is 5. The standard InChI is InChI=1S/C30H24FN3O2/c1-19-11-10-12-20(2)26(19)33-29(35)28(22-15-6-7-16-23(22)31)34-25-18-9-8-17-24(25)32-27(30(34)36)21-13-4-3-5-14-21/h3-18,28H,1-2H3,(H,33,35). The number of amides is 1. The van der Waals surface area contributed by atoms with Crippen molar-refractivity contribution in [2.45, 2.75) is 19.9 Å². The van der Waals surface area contributed by atoms with Crippen molar-refractivity contribution in [3.05, 3.63) is 130 Å². The third-order valence-corrected chi connectivity index (χ3v) is 6.28. The highest BCUT2D eigenvalue weighted by molar-refractivity contribution is 5.98. The molecule has 5 aromatic rings. The molecule has 5 rings (SSSR count). The number of aromatic nitrogens is 2. The average molecular weight is 478 g/mol. The zero-order valence-corrected chi connectivity index (χ0v) is 19.9. The van der Waals surface area contributed by atoms with E-state index in [0.29, 0.717) is 22.3 Å². The van der Waals surface area contributed by atoms with Crippen LogP contribution >= 0.6 is 0 Å².